The second-order valence-electron chi connectivity index (χ2n) is 4.55. The van der Waals surface area contributed by atoms with Gasteiger partial charge in [-0.3, -0.25) is 4.79 Å². The number of hydrogen-bond acceptors (Lipinski definition) is 3. The Bertz CT molecular complexity index is 745. The number of ether oxygens (including phenoxy) is 2. The summed E-state index contributed by atoms with van der Waals surface area (Å²) < 4.78 is 10.3. The summed E-state index contributed by atoms with van der Waals surface area (Å²) in [7, 11) is 3.08. The number of amides is 1. The van der Waals surface area contributed by atoms with Gasteiger partial charge in [-0.1, -0.05) is 29.3 Å². The number of benzene rings is 2. The Morgan fingerprint density at radius 1 is 1.09 bits per heavy atom. The van der Waals surface area contributed by atoms with Gasteiger partial charge in [-0.15, -0.1) is 0 Å². The van der Waals surface area contributed by atoms with E-state index < -0.39 is 0 Å². The zero-order valence-electron chi connectivity index (χ0n) is 12.6. The summed E-state index contributed by atoms with van der Waals surface area (Å²) >= 11 is 11.9. The summed E-state index contributed by atoms with van der Waals surface area (Å²) in [4.78, 5) is 12.1. The van der Waals surface area contributed by atoms with E-state index in [2.05, 4.69) is 5.32 Å². The molecule has 1 N–H and O–H groups in total. The highest BCUT2D eigenvalue weighted by Crippen LogP contribution is 2.29. The van der Waals surface area contributed by atoms with Gasteiger partial charge in [0.25, 0.3) is 0 Å². The number of hydrogen-bond donors (Lipinski definition) is 1. The molecule has 0 unspecified atom stereocenters. The Labute approximate surface area is 144 Å². The molecule has 0 aliphatic rings. The maximum atomic E-state index is 12.1. The highest BCUT2D eigenvalue weighted by atomic mass is 35.5. The number of anilines is 1. The third-order valence-corrected chi connectivity index (χ3v) is 3.60. The van der Waals surface area contributed by atoms with E-state index in [0.29, 0.717) is 32.8 Å². The first-order chi connectivity index (χ1) is 11.0. The van der Waals surface area contributed by atoms with Gasteiger partial charge in [0.05, 0.1) is 19.9 Å². The van der Waals surface area contributed by atoms with E-state index in [1.54, 1.807) is 49.6 Å². The molecule has 0 aromatic heterocycles. The molecule has 120 valence electrons. The SMILES string of the molecule is COc1ccc(OC)c(NC(=O)/C=C/c2ccc(Cl)cc2Cl)c1. The van der Waals surface area contributed by atoms with Crippen LogP contribution in [0.15, 0.2) is 42.5 Å². The van der Waals surface area contributed by atoms with Crippen molar-refractivity contribution < 1.29 is 14.3 Å². The summed E-state index contributed by atoms with van der Waals surface area (Å²) in [6.45, 7) is 0. The molecule has 6 heteroatoms. The monoisotopic (exact) mass is 351 g/mol. The Morgan fingerprint density at radius 3 is 2.52 bits per heavy atom. The first-order valence-electron chi connectivity index (χ1n) is 6.69. The average molecular weight is 352 g/mol. The predicted molar refractivity (Wildman–Crippen MR) is 93.7 cm³/mol. The minimum Gasteiger partial charge on any atom is -0.497 e. The molecule has 2 rings (SSSR count). The summed E-state index contributed by atoms with van der Waals surface area (Å²) in [5, 5.41) is 3.75. The lowest BCUT2D eigenvalue weighted by atomic mass is 10.2. The second kappa shape index (κ2) is 7.90. The maximum absolute atomic E-state index is 12.1. The van der Waals surface area contributed by atoms with E-state index >= 15 is 0 Å². The van der Waals surface area contributed by atoms with Crippen molar-refractivity contribution in [2.24, 2.45) is 0 Å². The minimum atomic E-state index is -0.317. The van der Waals surface area contributed by atoms with Gasteiger partial charge >= 0.3 is 0 Å². The van der Waals surface area contributed by atoms with Gasteiger partial charge in [-0.2, -0.15) is 0 Å². The summed E-state index contributed by atoms with van der Waals surface area (Å²) in [5.74, 6) is 0.838. The lowest BCUT2D eigenvalue weighted by Crippen LogP contribution is -2.09. The highest BCUT2D eigenvalue weighted by Gasteiger charge is 2.07. The molecular weight excluding hydrogens is 337 g/mol. The second-order valence-corrected chi connectivity index (χ2v) is 5.40. The van der Waals surface area contributed by atoms with Gasteiger partial charge in [0, 0.05) is 22.2 Å². The molecule has 23 heavy (non-hydrogen) atoms. The fraction of sp³-hybridized carbons (Fsp3) is 0.118. The Balaban J connectivity index is 2.14. The zero-order chi connectivity index (χ0) is 16.8. The van der Waals surface area contributed by atoms with Crippen LogP contribution >= 0.6 is 23.2 Å². The molecule has 2 aromatic rings. The van der Waals surface area contributed by atoms with E-state index in [1.807, 2.05) is 0 Å². The first-order valence-corrected chi connectivity index (χ1v) is 7.45. The zero-order valence-corrected chi connectivity index (χ0v) is 14.1. The number of nitrogens with one attached hydrogen (secondary N) is 1. The van der Waals surface area contributed by atoms with Crippen LogP contribution in [0.5, 0.6) is 11.5 Å². The minimum absolute atomic E-state index is 0.317. The van der Waals surface area contributed by atoms with Crippen molar-refractivity contribution in [2.75, 3.05) is 19.5 Å². The molecule has 0 spiro atoms. The molecule has 0 bridgehead atoms. The van der Waals surface area contributed by atoms with Gasteiger partial charge in [-0.05, 0) is 35.9 Å². The van der Waals surface area contributed by atoms with Crippen molar-refractivity contribution in [1.29, 1.82) is 0 Å². The fourth-order valence-corrected chi connectivity index (χ4v) is 2.36. The van der Waals surface area contributed by atoms with Crippen LogP contribution in [0, 0.1) is 0 Å². The van der Waals surface area contributed by atoms with Crippen LogP contribution in [0.25, 0.3) is 6.08 Å². The van der Waals surface area contributed by atoms with E-state index in [1.165, 1.54) is 13.2 Å². The van der Waals surface area contributed by atoms with Gasteiger partial charge in [0.2, 0.25) is 5.91 Å². The molecule has 0 fully saturated rings. The summed E-state index contributed by atoms with van der Waals surface area (Å²) in [6.07, 6.45) is 2.99. The third-order valence-electron chi connectivity index (χ3n) is 3.04. The molecule has 4 nitrogen and oxygen atoms in total. The molecule has 0 radical (unpaired) electrons. The van der Waals surface area contributed by atoms with Crippen molar-refractivity contribution in [1.82, 2.24) is 0 Å². The number of rotatable bonds is 5. The van der Waals surface area contributed by atoms with Crippen LogP contribution in [0.1, 0.15) is 5.56 Å². The van der Waals surface area contributed by atoms with Crippen molar-refractivity contribution in [3.05, 3.63) is 58.1 Å². The standard InChI is InChI=1S/C17H15Cl2NO3/c1-22-13-6-7-16(23-2)15(10-13)20-17(21)8-4-11-3-5-12(18)9-14(11)19/h3-10H,1-2H3,(H,20,21)/b8-4+. The Morgan fingerprint density at radius 2 is 1.87 bits per heavy atom. The molecule has 0 atom stereocenters. The number of carbonyl (C=O) groups is 1. The maximum Gasteiger partial charge on any atom is 0.248 e. The van der Waals surface area contributed by atoms with E-state index in [4.69, 9.17) is 32.7 Å². The van der Waals surface area contributed by atoms with Crippen LogP contribution in [0.2, 0.25) is 10.0 Å². The van der Waals surface area contributed by atoms with E-state index in [0.717, 1.165) is 0 Å². The number of halogens is 2. The molecule has 0 aliphatic heterocycles. The van der Waals surface area contributed by atoms with Gasteiger partial charge in [0.15, 0.2) is 0 Å². The molecule has 2 aromatic carbocycles. The van der Waals surface area contributed by atoms with Crippen LogP contribution in [0.4, 0.5) is 5.69 Å². The fourth-order valence-electron chi connectivity index (χ4n) is 1.89. The number of methoxy groups -OCH3 is 2. The van der Waals surface area contributed by atoms with Crippen LogP contribution in [-0.2, 0) is 4.79 Å². The highest BCUT2D eigenvalue weighted by molar-refractivity contribution is 6.35. The lowest BCUT2D eigenvalue weighted by molar-refractivity contribution is -0.111. The van der Waals surface area contributed by atoms with Crippen LogP contribution in [-0.4, -0.2) is 20.1 Å². The van der Waals surface area contributed by atoms with Crippen molar-refractivity contribution in [3.63, 3.8) is 0 Å². The molecule has 0 heterocycles. The van der Waals surface area contributed by atoms with E-state index in [-0.39, 0.29) is 5.91 Å². The molecular formula is C17H15Cl2NO3. The van der Waals surface area contributed by atoms with Gasteiger partial charge < -0.3 is 14.8 Å². The topological polar surface area (TPSA) is 47.6 Å². The third kappa shape index (κ3) is 4.65. The molecule has 0 saturated heterocycles. The smallest absolute Gasteiger partial charge is 0.248 e. The Kier molecular flexibility index (Phi) is 5.90. The molecule has 0 saturated carbocycles. The van der Waals surface area contributed by atoms with E-state index in [9.17, 15) is 4.79 Å². The largest absolute Gasteiger partial charge is 0.497 e. The van der Waals surface area contributed by atoms with Crippen molar-refractivity contribution in [2.45, 2.75) is 0 Å². The summed E-state index contributed by atoms with van der Waals surface area (Å²) in [6, 6.07) is 10.2. The predicted octanol–water partition coefficient (Wildman–Crippen LogP) is 4.66. The van der Waals surface area contributed by atoms with Crippen LogP contribution in [0.3, 0.4) is 0 Å². The van der Waals surface area contributed by atoms with Gasteiger partial charge in [-0.25, -0.2) is 0 Å². The molecule has 0 aliphatic carbocycles. The normalized spacial score (nSPS) is 10.6. The van der Waals surface area contributed by atoms with Gasteiger partial charge in [0.1, 0.15) is 11.5 Å². The van der Waals surface area contributed by atoms with Crippen LogP contribution < -0.4 is 14.8 Å². The first kappa shape index (κ1) is 17.2. The number of carbonyl (C=O) groups excluding carboxylic acids is 1. The van der Waals surface area contributed by atoms with Crippen molar-refractivity contribution in [3.8, 4) is 11.5 Å². The summed E-state index contributed by atoms with van der Waals surface area (Å²) in [5.41, 5.74) is 1.22. The quantitative estimate of drug-likeness (QED) is 0.796. The Hall–Kier alpha value is -2.17. The average Bonchev–Trinajstić information content (AvgIpc) is 2.54. The lowest BCUT2D eigenvalue weighted by Gasteiger charge is -2.10. The molecule has 1 amide bonds. The van der Waals surface area contributed by atoms with Crippen molar-refractivity contribution >= 4 is 40.9 Å².